The van der Waals surface area contributed by atoms with E-state index in [0.29, 0.717) is 13.0 Å². The molecule has 0 saturated heterocycles. The smallest absolute Gasteiger partial charge is 0.368 e. The molecule has 0 aliphatic carbocycles. The molecule has 0 aliphatic rings. The van der Waals surface area contributed by atoms with Crippen molar-refractivity contribution in [3.05, 3.63) is 18.2 Å². The van der Waals surface area contributed by atoms with E-state index in [0.717, 1.165) is 25.1 Å². The fourth-order valence-corrected chi connectivity index (χ4v) is 4.47. The third kappa shape index (κ3) is 6.13. The van der Waals surface area contributed by atoms with E-state index in [1.54, 1.807) is 12.4 Å². The molecule has 0 atom stereocenters. The molecule has 12 heteroatoms. The molecule has 0 bridgehead atoms. The first-order chi connectivity index (χ1) is 10.5. The number of nitrogens with zero attached hydrogens (tertiary/aromatic N) is 2. The topological polar surface area (TPSA) is 153 Å². The van der Waals surface area contributed by atoms with Gasteiger partial charge in [-0.15, -0.1) is 0 Å². The van der Waals surface area contributed by atoms with Crippen LogP contribution in [0.25, 0.3) is 0 Å². The molecular formula is C12H24N2O7P2Tc+7. The van der Waals surface area contributed by atoms with Crippen molar-refractivity contribution in [2.24, 2.45) is 0 Å². The third-order valence-electron chi connectivity index (χ3n) is 3.65. The van der Waals surface area contributed by atoms with Gasteiger partial charge >= 0.3 is 35.3 Å². The van der Waals surface area contributed by atoms with Crippen molar-refractivity contribution in [3.63, 3.8) is 0 Å². The van der Waals surface area contributed by atoms with Crippen LogP contribution in [-0.2, 0) is 42.2 Å². The van der Waals surface area contributed by atoms with Gasteiger partial charge in [-0.25, -0.2) is 4.98 Å². The quantitative estimate of drug-likeness (QED) is 0.255. The molecule has 5 N–H and O–H groups in total. The Morgan fingerprint density at radius 2 is 1.71 bits per heavy atom. The van der Waals surface area contributed by atoms with Crippen LogP contribution in [-0.4, -0.2) is 39.3 Å². The Bertz CT molecular complexity index is 576. The summed E-state index contributed by atoms with van der Waals surface area (Å²) in [5, 5.41) is 6.45. The van der Waals surface area contributed by atoms with Crippen LogP contribution in [0.5, 0.6) is 0 Å². The molecule has 1 rings (SSSR count). The van der Waals surface area contributed by atoms with Crippen molar-refractivity contribution in [1.29, 1.82) is 0 Å². The Morgan fingerprint density at radius 1 is 1.12 bits per heavy atom. The predicted octanol–water partition coefficient (Wildman–Crippen LogP) is 1.40. The SMILES string of the molecule is CCCCc1nccn1CCCCC(O)(P(=O)(O)O)P(=O)(O)O.[99Tc+7]. The zero-order valence-corrected chi connectivity index (χ0v) is 17.0. The Morgan fingerprint density at radius 3 is 2.21 bits per heavy atom. The standard InChI is InChI=1S/C12H24N2O7P2.Tc/c1-2-3-6-11-13-8-10-14(11)9-5-4-7-12(15,22(16,17)18)23(19,20)21;/h8,10,15H,2-7,9H2,1H3,(H2,16,17,18)(H2,19,20,21);/q;+7/i;1+1. The molecule has 0 unspecified atom stereocenters. The Hall–Kier alpha value is 0.119. The number of aromatic nitrogens is 2. The number of imidazole rings is 1. The molecular weight excluding hydrogens is 445 g/mol. The van der Waals surface area contributed by atoms with Gasteiger partial charge in [-0.1, -0.05) is 13.3 Å². The number of unbranched alkanes of at least 4 members (excludes halogenated alkanes) is 2. The number of aliphatic hydroxyl groups is 1. The van der Waals surface area contributed by atoms with Gasteiger partial charge in [-0.2, -0.15) is 0 Å². The summed E-state index contributed by atoms with van der Waals surface area (Å²) in [6, 6.07) is 0. The van der Waals surface area contributed by atoms with Crippen molar-refractivity contribution in [3.8, 4) is 0 Å². The van der Waals surface area contributed by atoms with Crippen LogP contribution in [0.3, 0.4) is 0 Å². The number of aryl methyl sites for hydroxylation is 2. The van der Waals surface area contributed by atoms with E-state index in [9.17, 15) is 14.2 Å². The monoisotopic (exact) mass is 469 g/mol. The van der Waals surface area contributed by atoms with Crippen molar-refractivity contribution in [2.75, 3.05) is 0 Å². The van der Waals surface area contributed by atoms with Crippen LogP contribution < -0.4 is 0 Å². The van der Waals surface area contributed by atoms with Crippen molar-refractivity contribution in [2.45, 2.75) is 57.1 Å². The summed E-state index contributed by atoms with van der Waals surface area (Å²) < 4.78 is 24.4. The summed E-state index contributed by atoms with van der Waals surface area (Å²) in [5.41, 5.74) is 0. The summed E-state index contributed by atoms with van der Waals surface area (Å²) in [6.45, 7) is 2.57. The Labute approximate surface area is 154 Å². The van der Waals surface area contributed by atoms with Crippen molar-refractivity contribution < 1.29 is 53.9 Å². The maximum Gasteiger partial charge on any atom is 7.00 e. The van der Waals surface area contributed by atoms with Gasteiger partial charge in [0.2, 0.25) is 0 Å². The first-order valence-electron chi connectivity index (χ1n) is 7.36. The predicted molar refractivity (Wildman–Crippen MR) is 83.7 cm³/mol. The fraction of sp³-hybridized carbons (Fsp3) is 0.750. The summed E-state index contributed by atoms with van der Waals surface area (Å²) in [4.78, 5) is 40.4. The van der Waals surface area contributed by atoms with E-state index >= 15 is 0 Å². The first-order valence-corrected chi connectivity index (χ1v) is 10.6. The minimum absolute atomic E-state index is 0. The molecule has 1 aromatic rings. The number of hydrogen-bond donors (Lipinski definition) is 5. The fourth-order valence-electron chi connectivity index (χ4n) is 2.21. The van der Waals surface area contributed by atoms with E-state index in [1.165, 1.54) is 0 Å². The zero-order valence-electron chi connectivity index (χ0n) is 13.3. The van der Waals surface area contributed by atoms with E-state index in [2.05, 4.69) is 11.9 Å². The van der Waals surface area contributed by atoms with Crippen molar-refractivity contribution in [1.82, 2.24) is 9.55 Å². The molecule has 1 heterocycles. The average molecular weight is 469 g/mol. The second kappa shape index (κ2) is 9.72. The minimum Gasteiger partial charge on any atom is -0.368 e. The van der Waals surface area contributed by atoms with Gasteiger partial charge in [0, 0.05) is 25.4 Å². The van der Waals surface area contributed by atoms with Gasteiger partial charge in [-0.3, -0.25) is 9.13 Å². The van der Waals surface area contributed by atoms with Gasteiger partial charge in [-0.05, 0) is 25.7 Å². The minimum atomic E-state index is -5.36. The van der Waals surface area contributed by atoms with Crippen LogP contribution in [0.1, 0.15) is 44.9 Å². The van der Waals surface area contributed by atoms with Gasteiger partial charge in [0.25, 0.3) is 5.08 Å². The van der Waals surface area contributed by atoms with Crippen molar-refractivity contribution >= 4 is 15.2 Å². The maximum atomic E-state index is 11.2. The van der Waals surface area contributed by atoms with E-state index in [4.69, 9.17) is 19.6 Å². The zero-order chi connectivity index (χ0) is 17.7. The summed E-state index contributed by atoms with van der Waals surface area (Å²) in [6.07, 6.45) is 6.06. The number of rotatable bonds is 10. The molecule has 134 valence electrons. The summed E-state index contributed by atoms with van der Waals surface area (Å²) in [7, 11) is -10.7. The van der Waals surface area contributed by atoms with Gasteiger partial charge < -0.3 is 29.2 Å². The molecule has 0 aromatic carbocycles. The van der Waals surface area contributed by atoms with Crippen LogP contribution in [0.2, 0.25) is 0 Å². The van der Waals surface area contributed by atoms with Gasteiger partial charge in [0.05, 0.1) is 0 Å². The van der Waals surface area contributed by atoms with E-state index < -0.39 is 26.7 Å². The van der Waals surface area contributed by atoms with Gasteiger partial charge in [0.1, 0.15) is 5.82 Å². The molecule has 0 fully saturated rings. The molecule has 0 amide bonds. The second-order valence-electron chi connectivity index (χ2n) is 5.46. The molecule has 24 heavy (non-hydrogen) atoms. The van der Waals surface area contributed by atoms with E-state index in [1.807, 2.05) is 4.57 Å². The summed E-state index contributed by atoms with van der Waals surface area (Å²) in [5.74, 6) is 0.895. The molecule has 0 saturated carbocycles. The summed E-state index contributed by atoms with van der Waals surface area (Å²) >= 11 is 0. The molecule has 1 aromatic heterocycles. The van der Waals surface area contributed by atoms with E-state index in [-0.39, 0.29) is 26.5 Å². The van der Waals surface area contributed by atoms with Crippen LogP contribution in [0, 0.1) is 0 Å². The normalized spacial score (nSPS) is 12.9. The van der Waals surface area contributed by atoms with Gasteiger partial charge in [0.15, 0.2) is 0 Å². The largest absolute Gasteiger partial charge is 7.00 e. The number of hydrogen-bond acceptors (Lipinski definition) is 4. The molecule has 0 radical (unpaired) electrons. The third-order valence-corrected chi connectivity index (χ3v) is 7.53. The van der Waals surface area contributed by atoms with Crippen LogP contribution in [0.4, 0.5) is 0 Å². The second-order valence-corrected chi connectivity index (χ2v) is 9.47. The molecule has 9 nitrogen and oxygen atoms in total. The van der Waals surface area contributed by atoms with Crippen LogP contribution >= 0.6 is 15.2 Å². The average Bonchev–Trinajstić information content (AvgIpc) is 2.85. The molecule has 0 aliphatic heterocycles. The first kappa shape index (κ1) is 24.1. The maximum absolute atomic E-state index is 11.2. The van der Waals surface area contributed by atoms with Crippen LogP contribution in [0.15, 0.2) is 12.4 Å². The molecule has 0 spiro atoms. The Kier molecular flexibility index (Phi) is 9.77. The Balaban J connectivity index is 0.00000529.